The van der Waals surface area contributed by atoms with E-state index in [1.165, 1.54) is 12.1 Å². The molecule has 2 atom stereocenters. The number of benzene rings is 2. The predicted molar refractivity (Wildman–Crippen MR) is 88.3 cm³/mol. The summed E-state index contributed by atoms with van der Waals surface area (Å²) >= 11 is 0. The maximum absolute atomic E-state index is 13.2. The van der Waals surface area contributed by atoms with Gasteiger partial charge in [-0.1, -0.05) is 42.5 Å². The van der Waals surface area contributed by atoms with Crippen molar-refractivity contribution in [3.63, 3.8) is 0 Å². The Balaban J connectivity index is 1.75. The van der Waals surface area contributed by atoms with Crippen molar-refractivity contribution in [2.24, 2.45) is 5.92 Å². The number of nitrogens with zero attached hydrogens (tertiary/aromatic N) is 1. The summed E-state index contributed by atoms with van der Waals surface area (Å²) in [5.74, 6) is -1.05. The van der Waals surface area contributed by atoms with Crippen molar-refractivity contribution in [3.05, 3.63) is 71.5 Å². The van der Waals surface area contributed by atoms with E-state index in [0.717, 1.165) is 11.1 Å². The van der Waals surface area contributed by atoms with Crippen LogP contribution in [-0.4, -0.2) is 23.8 Å². The highest BCUT2D eigenvalue weighted by molar-refractivity contribution is 5.90. The highest BCUT2D eigenvalue weighted by atomic mass is 19.1. The number of carbonyl (C=O) groups is 2. The van der Waals surface area contributed by atoms with Gasteiger partial charge in [-0.15, -0.1) is 0 Å². The van der Waals surface area contributed by atoms with Gasteiger partial charge in [0.25, 0.3) is 0 Å². The van der Waals surface area contributed by atoms with E-state index in [1.54, 1.807) is 24.1 Å². The Kier molecular flexibility index (Phi) is 4.60. The van der Waals surface area contributed by atoms with E-state index in [1.807, 2.05) is 30.3 Å². The van der Waals surface area contributed by atoms with Crippen molar-refractivity contribution in [2.75, 3.05) is 7.05 Å². The van der Waals surface area contributed by atoms with Crippen LogP contribution in [0.1, 0.15) is 23.6 Å². The molecule has 2 amide bonds. The van der Waals surface area contributed by atoms with Crippen LogP contribution in [0.3, 0.4) is 0 Å². The van der Waals surface area contributed by atoms with E-state index < -0.39 is 5.92 Å². The molecule has 2 aromatic carbocycles. The lowest BCUT2D eigenvalue weighted by atomic mass is 9.93. The Morgan fingerprint density at radius 1 is 1.17 bits per heavy atom. The lowest BCUT2D eigenvalue weighted by Crippen LogP contribution is -2.34. The lowest BCUT2D eigenvalue weighted by Gasteiger charge is -2.25. The number of amides is 2. The molecule has 0 spiro atoms. The SMILES string of the molecule is CN1C(=O)C[C@@H](C(=O)NCc2ccccc2)[C@H]1c1ccc(F)cc1. The van der Waals surface area contributed by atoms with Gasteiger partial charge in [0.15, 0.2) is 0 Å². The van der Waals surface area contributed by atoms with Gasteiger partial charge in [0, 0.05) is 20.0 Å². The van der Waals surface area contributed by atoms with Gasteiger partial charge in [-0.05, 0) is 23.3 Å². The average Bonchev–Trinajstić information content (AvgIpc) is 2.90. The third-order valence-electron chi connectivity index (χ3n) is 4.44. The average molecular weight is 326 g/mol. The zero-order chi connectivity index (χ0) is 17.1. The molecule has 0 bridgehead atoms. The third kappa shape index (κ3) is 3.30. The Labute approximate surface area is 140 Å². The summed E-state index contributed by atoms with van der Waals surface area (Å²) in [6.45, 7) is 0.421. The molecule has 0 aromatic heterocycles. The number of hydrogen-bond donors (Lipinski definition) is 1. The van der Waals surface area contributed by atoms with E-state index >= 15 is 0 Å². The van der Waals surface area contributed by atoms with Crippen LogP contribution in [0.15, 0.2) is 54.6 Å². The first kappa shape index (κ1) is 16.2. The molecule has 0 radical (unpaired) electrons. The van der Waals surface area contributed by atoms with Gasteiger partial charge >= 0.3 is 0 Å². The summed E-state index contributed by atoms with van der Waals surface area (Å²) in [6, 6.07) is 15.2. The summed E-state index contributed by atoms with van der Waals surface area (Å²) in [7, 11) is 1.68. The van der Waals surface area contributed by atoms with Crippen LogP contribution in [0.2, 0.25) is 0 Å². The maximum atomic E-state index is 13.2. The van der Waals surface area contributed by atoms with Crippen LogP contribution in [0.4, 0.5) is 4.39 Å². The Morgan fingerprint density at radius 3 is 2.50 bits per heavy atom. The van der Waals surface area contributed by atoms with E-state index in [2.05, 4.69) is 5.32 Å². The molecule has 1 fully saturated rings. The van der Waals surface area contributed by atoms with Gasteiger partial charge < -0.3 is 10.2 Å². The van der Waals surface area contributed by atoms with Crippen molar-refractivity contribution in [3.8, 4) is 0 Å². The van der Waals surface area contributed by atoms with E-state index in [4.69, 9.17) is 0 Å². The van der Waals surface area contributed by atoms with Crippen molar-refractivity contribution in [1.82, 2.24) is 10.2 Å². The number of nitrogens with one attached hydrogen (secondary N) is 1. The molecule has 0 aliphatic carbocycles. The number of carbonyl (C=O) groups excluding carboxylic acids is 2. The van der Waals surface area contributed by atoms with Crippen LogP contribution >= 0.6 is 0 Å². The minimum Gasteiger partial charge on any atom is -0.352 e. The smallest absolute Gasteiger partial charge is 0.226 e. The summed E-state index contributed by atoms with van der Waals surface area (Å²) in [4.78, 5) is 26.3. The quantitative estimate of drug-likeness (QED) is 0.939. The number of hydrogen-bond acceptors (Lipinski definition) is 2. The van der Waals surface area contributed by atoms with Crippen molar-refractivity contribution >= 4 is 11.8 Å². The first-order valence-corrected chi connectivity index (χ1v) is 7.89. The fourth-order valence-electron chi connectivity index (χ4n) is 3.14. The molecule has 5 heteroatoms. The van der Waals surface area contributed by atoms with Crippen molar-refractivity contribution in [1.29, 1.82) is 0 Å². The second kappa shape index (κ2) is 6.83. The van der Waals surface area contributed by atoms with E-state index in [0.29, 0.717) is 6.54 Å². The minimum atomic E-state index is -0.475. The molecule has 3 rings (SSSR count). The predicted octanol–water partition coefficient (Wildman–Crippen LogP) is 2.66. The largest absolute Gasteiger partial charge is 0.352 e. The molecular formula is C19H19FN2O2. The Bertz CT molecular complexity index is 731. The molecular weight excluding hydrogens is 307 g/mol. The molecule has 1 aliphatic heterocycles. The second-order valence-electron chi connectivity index (χ2n) is 6.02. The number of halogens is 1. The zero-order valence-electron chi connectivity index (χ0n) is 13.4. The first-order chi connectivity index (χ1) is 11.6. The van der Waals surface area contributed by atoms with Crippen LogP contribution in [0, 0.1) is 11.7 Å². The van der Waals surface area contributed by atoms with Crippen LogP contribution in [0.25, 0.3) is 0 Å². The number of likely N-dealkylation sites (tertiary alicyclic amines) is 1. The van der Waals surface area contributed by atoms with Crippen molar-refractivity contribution in [2.45, 2.75) is 19.0 Å². The van der Waals surface area contributed by atoms with Crippen LogP contribution in [-0.2, 0) is 16.1 Å². The van der Waals surface area contributed by atoms with E-state index in [9.17, 15) is 14.0 Å². The molecule has 24 heavy (non-hydrogen) atoms. The molecule has 0 saturated carbocycles. The number of rotatable bonds is 4. The molecule has 4 nitrogen and oxygen atoms in total. The molecule has 0 unspecified atom stereocenters. The highest BCUT2D eigenvalue weighted by Crippen LogP contribution is 2.37. The third-order valence-corrected chi connectivity index (χ3v) is 4.44. The monoisotopic (exact) mass is 326 g/mol. The molecule has 1 aliphatic rings. The molecule has 1 saturated heterocycles. The van der Waals surface area contributed by atoms with Gasteiger partial charge in [0.05, 0.1) is 12.0 Å². The fourth-order valence-corrected chi connectivity index (χ4v) is 3.14. The zero-order valence-corrected chi connectivity index (χ0v) is 13.4. The van der Waals surface area contributed by atoms with Gasteiger partial charge in [-0.3, -0.25) is 9.59 Å². The second-order valence-corrected chi connectivity index (χ2v) is 6.02. The molecule has 1 N–H and O–H groups in total. The van der Waals surface area contributed by atoms with Crippen LogP contribution in [0.5, 0.6) is 0 Å². The standard InChI is InChI=1S/C19H19FN2O2/c1-22-17(23)11-16(18(22)14-7-9-15(20)10-8-14)19(24)21-12-13-5-3-2-4-6-13/h2-10,16,18H,11-12H2,1H3,(H,21,24)/t16-,18-/m1/s1. The van der Waals surface area contributed by atoms with Crippen LogP contribution < -0.4 is 5.32 Å². The summed E-state index contributed by atoms with van der Waals surface area (Å²) < 4.78 is 13.2. The van der Waals surface area contributed by atoms with Gasteiger partial charge in [0.1, 0.15) is 5.82 Å². The van der Waals surface area contributed by atoms with Crippen molar-refractivity contribution < 1.29 is 14.0 Å². The summed E-state index contributed by atoms with van der Waals surface area (Å²) in [6.07, 6.45) is 0.166. The first-order valence-electron chi connectivity index (χ1n) is 7.89. The maximum Gasteiger partial charge on any atom is 0.226 e. The highest BCUT2D eigenvalue weighted by Gasteiger charge is 2.42. The van der Waals surface area contributed by atoms with Gasteiger partial charge in [-0.25, -0.2) is 4.39 Å². The normalized spacial score (nSPS) is 20.2. The van der Waals surface area contributed by atoms with Gasteiger partial charge in [0.2, 0.25) is 11.8 Å². The van der Waals surface area contributed by atoms with Gasteiger partial charge in [-0.2, -0.15) is 0 Å². The van der Waals surface area contributed by atoms with E-state index in [-0.39, 0.29) is 30.1 Å². The molecule has 124 valence electrons. The Morgan fingerprint density at radius 2 is 1.83 bits per heavy atom. The Hall–Kier alpha value is -2.69. The fraction of sp³-hybridized carbons (Fsp3) is 0.263. The summed E-state index contributed by atoms with van der Waals surface area (Å²) in [5.41, 5.74) is 1.77. The minimum absolute atomic E-state index is 0.0795. The molecule has 1 heterocycles. The summed E-state index contributed by atoms with van der Waals surface area (Å²) in [5, 5.41) is 2.90. The molecule has 2 aromatic rings. The lowest BCUT2D eigenvalue weighted by molar-refractivity contribution is -0.128. The topological polar surface area (TPSA) is 49.4 Å².